The summed E-state index contributed by atoms with van der Waals surface area (Å²) in [5.41, 5.74) is 4.58. The van der Waals surface area contributed by atoms with E-state index in [4.69, 9.17) is 4.74 Å². The topological polar surface area (TPSA) is 79.0 Å². The average Bonchev–Trinajstić information content (AvgIpc) is 3.30. The van der Waals surface area contributed by atoms with Gasteiger partial charge in [-0.05, 0) is 64.3 Å². The Hall–Kier alpha value is -3.74. The van der Waals surface area contributed by atoms with Gasteiger partial charge in [0.1, 0.15) is 11.2 Å². The number of aromatic nitrogens is 4. The predicted octanol–water partition coefficient (Wildman–Crippen LogP) is 5.50. The van der Waals surface area contributed by atoms with Crippen molar-refractivity contribution in [2.45, 2.75) is 59.5 Å². The van der Waals surface area contributed by atoms with Gasteiger partial charge in [0, 0.05) is 41.9 Å². The molecule has 0 saturated heterocycles. The van der Waals surface area contributed by atoms with Crippen molar-refractivity contribution in [2.24, 2.45) is 0 Å². The maximum Gasteiger partial charge on any atom is 0.420 e. The van der Waals surface area contributed by atoms with Crippen LogP contribution in [-0.2, 0) is 17.6 Å². The Labute approximate surface area is 199 Å². The van der Waals surface area contributed by atoms with Crippen LogP contribution in [0.4, 0.5) is 4.79 Å². The van der Waals surface area contributed by atoms with Crippen LogP contribution in [0.25, 0.3) is 11.0 Å². The number of hydrogen-bond donors (Lipinski definition) is 0. The van der Waals surface area contributed by atoms with Gasteiger partial charge in [-0.2, -0.15) is 5.10 Å². The van der Waals surface area contributed by atoms with Gasteiger partial charge in [-0.1, -0.05) is 30.3 Å². The Kier molecular flexibility index (Phi) is 6.37. The molecule has 3 aromatic heterocycles. The van der Waals surface area contributed by atoms with E-state index in [-0.39, 0.29) is 5.91 Å². The summed E-state index contributed by atoms with van der Waals surface area (Å²) in [6.07, 6.45) is 4.55. The molecule has 0 aliphatic carbocycles. The van der Waals surface area contributed by atoms with E-state index in [9.17, 15) is 9.59 Å². The Morgan fingerprint density at radius 2 is 1.76 bits per heavy atom. The standard InChI is InChI=1S/C27H30N4O3/c1-18-23(19(2)31(29-18)24(32)14-13-20-10-7-6-8-11-20)16-21-17-30(26(33)34-27(3,4)5)25-22(21)12-9-15-28-25/h6-12,15,17H,13-14,16H2,1-5H3. The lowest BCUT2D eigenvalue weighted by atomic mass is 10.0. The van der Waals surface area contributed by atoms with Gasteiger partial charge in [-0.25, -0.2) is 19.0 Å². The minimum absolute atomic E-state index is 0.0337. The first-order chi connectivity index (χ1) is 16.1. The molecule has 3 heterocycles. The zero-order valence-electron chi connectivity index (χ0n) is 20.3. The van der Waals surface area contributed by atoms with Crippen molar-refractivity contribution < 1.29 is 14.3 Å². The third-order valence-electron chi connectivity index (χ3n) is 5.75. The Bertz CT molecular complexity index is 1340. The van der Waals surface area contributed by atoms with Crippen molar-refractivity contribution >= 4 is 23.0 Å². The molecule has 4 rings (SSSR count). The summed E-state index contributed by atoms with van der Waals surface area (Å²) in [6, 6.07) is 13.8. The molecule has 0 N–H and O–H groups in total. The van der Waals surface area contributed by atoms with Crippen LogP contribution in [0.3, 0.4) is 0 Å². The number of ether oxygens (including phenoxy) is 1. The zero-order valence-corrected chi connectivity index (χ0v) is 20.3. The molecule has 0 atom stereocenters. The largest absolute Gasteiger partial charge is 0.443 e. The quantitative estimate of drug-likeness (QED) is 0.395. The number of carbonyl (C=O) groups excluding carboxylic acids is 2. The summed E-state index contributed by atoms with van der Waals surface area (Å²) < 4.78 is 8.53. The number of benzene rings is 1. The van der Waals surface area contributed by atoms with Crippen LogP contribution in [0.15, 0.2) is 54.9 Å². The lowest BCUT2D eigenvalue weighted by Gasteiger charge is -2.19. The molecule has 0 aliphatic rings. The summed E-state index contributed by atoms with van der Waals surface area (Å²) in [5.74, 6) is -0.0337. The molecule has 34 heavy (non-hydrogen) atoms. The van der Waals surface area contributed by atoms with Crippen LogP contribution in [0, 0.1) is 13.8 Å². The van der Waals surface area contributed by atoms with E-state index >= 15 is 0 Å². The molecular weight excluding hydrogens is 428 g/mol. The van der Waals surface area contributed by atoms with Crippen LogP contribution in [0.1, 0.15) is 60.1 Å². The maximum atomic E-state index is 12.9. The van der Waals surface area contributed by atoms with Crippen molar-refractivity contribution in [3.63, 3.8) is 0 Å². The van der Waals surface area contributed by atoms with E-state index in [2.05, 4.69) is 10.1 Å². The van der Waals surface area contributed by atoms with Crippen molar-refractivity contribution in [3.8, 4) is 0 Å². The van der Waals surface area contributed by atoms with E-state index in [1.165, 1.54) is 9.25 Å². The first-order valence-electron chi connectivity index (χ1n) is 11.4. The number of aryl methyl sites for hydroxylation is 2. The highest BCUT2D eigenvalue weighted by Crippen LogP contribution is 2.26. The van der Waals surface area contributed by atoms with E-state index in [0.717, 1.165) is 33.5 Å². The molecule has 0 radical (unpaired) electrons. The molecule has 176 valence electrons. The lowest BCUT2D eigenvalue weighted by Crippen LogP contribution is -2.26. The number of hydrogen-bond acceptors (Lipinski definition) is 5. The highest BCUT2D eigenvalue weighted by Gasteiger charge is 2.23. The molecule has 7 nitrogen and oxygen atoms in total. The molecule has 0 amide bonds. The SMILES string of the molecule is Cc1nn(C(=O)CCc2ccccc2)c(C)c1Cc1cn(C(=O)OC(C)(C)C)c2ncccc12. The number of nitrogens with zero attached hydrogens (tertiary/aromatic N) is 4. The van der Waals surface area contributed by atoms with Crippen molar-refractivity contribution in [1.82, 2.24) is 19.3 Å². The molecule has 0 spiro atoms. The second-order valence-corrected chi connectivity index (χ2v) is 9.50. The molecule has 0 saturated carbocycles. The van der Waals surface area contributed by atoms with Gasteiger partial charge < -0.3 is 4.74 Å². The molecule has 1 aromatic carbocycles. The van der Waals surface area contributed by atoms with Gasteiger partial charge in [0.25, 0.3) is 0 Å². The number of fused-ring (bicyclic) bond motifs is 1. The minimum atomic E-state index is -0.614. The first-order valence-corrected chi connectivity index (χ1v) is 11.4. The van der Waals surface area contributed by atoms with Gasteiger partial charge in [0.05, 0.1) is 5.69 Å². The predicted molar refractivity (Wildman–Crippen MR) is 131 cm³/mol. The van der Waals surface area contributed by atoms with Gasteiger partial charge in [0.15, 0.2) is 0 Å². The van der Waals surface area contributed by atoms with Crippen molar-refractivity contribution in [3.05, 3.63) is 82.9 Å². The van der Waals surface area contributed by atoms with Gasteiger partial charge in [-0.15, -0.1) is 0 Å². The molecular formula is C27H30N4O3. The third-order valence-corrected chi connectivity index (χ3v) is 5.75. The first kappa shape index (κ1) is 23.4. The fourth-order valence-corrected chi connectivity index (χ4v) is 4.08. The second-order valence-electron chi connectivity index (χ2n) is 9.50. The number of pyridine rings is 1. The van der Waals surface area contributed by atoms with Crippen molar-refractivity contribution in [1.29, 1.82) is 0 Å². The molecule has 0 aliphatic heterocycles. The van der Waals surface area contributed by atoms with Crippen molar-refractivity contribution in [2.75, 3.05) is 0 Å². The Morgan fingerprint density at radius 1 is 1.03 bits per heavy atom. The molecule has 0 bridgehead atoms. The van der Waals surface area contributed by atoms with Crippen LogP contribution in [-0.4, -0.2) is 36.9 Å². The summed E-state index contributed by atoms with van der Waals surface area (Å²) in [6.45, 7) is 9.33. The highest BCUT2D eigenvalue weighted by molar-refractivity contribution is 5.89. The average molecular weight is 459 g/mol. The molecule has 4 aromatic rings. The summed E-state index contributed by atoms with van der Waals surface area (Å²) >= 11 is 0. The number of rotatable bonds is 5. The summed E-state index contributed by atoms with van der Waals surface area (Å²) in [4.78, 5) is 30.1. The lowest BCUT2D eigenvalue weighted by molar-refractivity contribution is 0.0543. The van der Waals surface area contributed by atoms with E-state index in [1.54, 1.807) is 12.4 Å². The monoisotopic (exact) mass is 458 g/mol. The van der Waals surface area contributed by atoms with E-state index in [0.29, 0.717) is 24.9 Å². The molecule has 0 unspecified atom stereocenters. The Morgan fingerprint density at radius 3 is 2.47 bits per heavy atom. The maximum absolute atomic E-state index is 12.9. The van der Waals surface area contributed by atoms with Gasteiger partial charge in [0.2, 0.25) is 5.91 Å². The van der Waals surface area contributed by atoms with Crippen LogP contribution < -0.4 is 0 Å². The summed E-state index contributed by atoms with van der Waals surface area (Å²) in [7, 11) is 0. The normalized spacial score (nSPS) is 11.7. The van der Waals surface area contributed by atoms with Crippen LogP contribution >= 0.6 is 0 Å². The van der Waals surface area contributed by atoms with E-state index < -0.39 is 11.7 Å². The molecule has 0 fully saturated rings. The zero-order chi connectivity index (χ0) is 24.5. The second kappa shape index (κ2) is 9.25. The smallest absolute Gasteiger partial charge is 0.420 e. The fourth-order valence-electron chi connectivity index (χ4n) is 4.08. The fraction of sp³-hybridized carbons (Fsp3) is 0.333. The van der Waals surface area contributed by atoms with Crippen LogP contribution in [0.5, 0.6) is 0 Å². The molecule has 7 heteroatoms. The summed E-state index contributed by atoms with van der Waals surface area (Å²) in [5, 5.41) is 5.41. The van der Waals surface area contributed by atoms with Crippen LogP contribution in [0.2, 0.25) is 0 Å². The number of carbonyl (C=O) groups is 2. The minimum Gasteiger partial charge on any atom is -0.443 e. The highest BCUT2D eigenvalue weighted by atomic mass is 16.6. The third kappa shape index (κ3) is 4.93. The van der Waals surface area contributed by atoms with Gasteiger partial charge >= 0.3 is 6.09 Å². The Balaban J connectivity index is 1.61. The van der Waals surface area contributed by atoms with Gasteiger partial charge in [-0.3, -0.25) is 4.79 Å². The van der Waals surface area contributed by atoms with E-state index in [1.807, 2.05) is 77.1 Å².